The molecule has 0 saturated heterocycles. The topological polar surface area (TPSA) is 37.3 Å². The number of allylic oxidation sites excluding steroid dienone is 1. The average Bonchev–Trinajstić information content (AvgIpc) is 2.09. The molecule has 1 N–H and O–H groups in total. The van der Waals surface area contributed by atoms with Crippen LogP contribution in [0.5, 0.6) is 0 Å². The maximum atomic E-state index is 10.2. The van der Waals surface area contributed by atoms with E-state index >= 15 is 0 Å². The molecule has 0 atom stereocenters. The summed E-state index contributed by atoms with van der Waals surface area (Å²) >= 11 is 0. The molecule has 0 spiro atoms. The fraction of sp³-hybridized carbons (Fsp3) is 0.727. The third-order valence-electron chi connectivity index (χ3n) is 2.08. The molecule has 13 heavy (non-hydrogen) atoms. The zero-order valence-electron chi connectivity index (χ0n) is 8.51. The van der Waals surface area contributed by atoms with Crippen molar-refractivity contribution in [2.45, 2.75) is 51.9 Å². The van der Waals surface area contributed by atoms with Gasteiger partial charge in [-0.25, -0.2) is 0 Å². The summed E-state index contributed by atoms with van der Waals surface area (Å²) in [6.45, 7) is 6.04. The summed E-state index contributed by atoms with van der Waals surface area (Å²) in [7, 11) is 0. The Morgan fingerprint density at radius 1 is 1.15 bits per heavy atom. The number of carbonyl (C=O) groups is 1. The van der Waals surface area contributed by atoms with Gasteiger partial charge in [-0.2, -0.15) is 0 Å². The summed E-state index contributed by atoms with van der Waals surface area (Å²) in [5, 5.41) is 8.43. The third kappa shape index (κ3) is 9.12. The van der Waals surface area contributed by atoms with Gasteiger partial charge in [0.05, 0.1) is 0 Å². The molecule has 0 aliphatic carbocycles. The zero-order chi connectivity index (χ0) is 10.1. The van der Waals surface area contributed by atoms with Crippen molar-refractivity contribution in [1.29, 1.82) is 0 Å². The fourth-order valence-corrected chi connectivity index (χ4v) is 1.21. The van der Waals surface area contributed by atoms with E-state index in [0.29, 0.717) is 6.42 Å². The van der Waals surface area contributed by atoms with Crippen molar-refractivity contribution in [3.63, 3.8) is 0 Å². The highest BCUT2D eigenvalue weighted by molar-refractivity contribution is 5.66. The van der Waals surface area contributed by atoms with Gasteiger partial charge in [0, 0.05) is 6.42 Å². The van der Waals surface area contributed by atoms with Crippen LogP contribution in [0.3, 0.4) is 0 Å². The first-order chi connectivity index (χ1) is 6.16. The first-order valence-corrected chi connectivity index (χ1v) is 5.05. The Hall–Kier alpha value is -0.790. The highest BCUT2D eigenvalue weighted by Gasteiger charge is 1.99. The van der Waals surface area contributed by atoms with Crippen molar-refractivity contribution in [3.8, 4) is 0 Å². The number of rotatable bonds is 8. The minimum Gasteiger partial charge on any atom is -0.481 e. The van der Waals surface area contributed by atoms with Crippen LogP contribution in [0.25, 0.3) is 0 Å². The maximum absolute atomic E-state index is 10.2. The summed E-state index contributed by atoms with van der Waals surface area (Å²) in [5.41, 5.74) is 1.08. The van der Waals surface area contributed by atoms with Crippen LogP contribution in [-0.4, -0.2) is 11.1 Å². The molecule has 2 nitrogen and oxygen atoms in total. The molecule has 0 saturated carbocycles. The van der Waals surface area contributed by atoms with E-state index in [1.54, 1.807) is 0 Å². The quantitative estimate of drug-likeness (QED) is 0.464. The second kappa shape index (κ2) is 7.84. The van der Waals surface area contributed by atoms with Crippen LogP contribution in [0.4, 0.5) is 0 Å². The fourth-order valence-electron chi connectivity index (χ4n) is 1.21. The lowest BCUT2D eigenvalue weighted by Crippen LogP contribution is -1.95. The van der Waals surface area contributed by atoms with E-state index in [-0.39, 0.29) is 6.42 Å². The summed E-state index contributed by atoms with van der Waals surface area (Å²) in [6, 6.07) is 0. The highest BCUT2D eigenvalue weighted by atomic mass is 16.4. The van der Waals surface area contributed by atoms with Crippen molar-refractivity contribution in [2.24, 2.45) is 0 Å². The molecular formula is C11H20O2. The summed E-state index contributed by atoms with van der Waals surface area (Å²) in [4.78, 5) is 10.2. The number of hydrogen-bond acceptors (Lipinski definition) is 1. The maximum Gasteiger partial charge on any atom is 0.303 e. The predicted molar refractivity (Wildman–Crippen MR) is 54.8 cm³/mol. The number of aliphatic carboxylic acids is 1. The standard InChI is InChI=1S/C11H20O2/c1-3-4-5-6-7-10(2)8-9-11(12)13/h2-9H2,1H3,(H,12,13). The molecule has 2 heteroatoms. The monoisotopic (exact) mass is 184 g/mol. The molecule has 0 amide bonds. The molecule has 0 aliphatic rings. The molecule has 0 aliphatic heterocycles. The molecular weight excluding hydrogens is 164 g/mol. The summed E-state index contributed by atoms with van der Waals surface area (Å²) in [5.74, 6) is -0.727. The molecule has 0 heterocycles. The lowest BCUT2D eigenvalue weighted by Gasteiger charge is -2.02. The number of carboxylic acid groups (broad SMARTS) is 1. The van der Waals surface area contributed by atoms with Gasteiger partial charge in [-0.3, -0.25) is 4.79 Å². The van der Waals surface area contributed by atoms with Crippen molar-refractivity contribution in [1.82, 2.24) is 0 Å². The Morgan fingerprint density at radius 3 is 2.38 bits per heavy atom. The third-order valence-corrected chi connectivity index (χ3v) is 2.08. The van der Waals surface area contributed by atoms with Crippen LogP contribution in [0.2, 0.25) is 0 Å². The summed E-state index contributed by atoms with van der Waals surface area (Å²) < 4.78 is 0. The lowest BCUT2D eigenvalue weighted by atomic mass is 10.0. The van der Waals surface area contributed by atoms with Gasteiger partial charge in [-0.05, 0) is 19.3 Å². The normalized spacial score (nSPS) is 9.92. The van der Waals surface area contributed by atoms with Gasteiger partial charge in [-0.1, -0.05) is 38.3 Å². The second-order valence-electron chi connectivity index (χ2n) is 3.45. The molecule has 0 rings (SSSR count). The van der Waals surface area contributed by atoms with Crippen LogP contribution in [0.15, 0.2) is 12.2 Å². The predicted octanol–water partition coefficient (Wildman–Crippen LogP) is 3.38. The Morgan fingerprint density at radius 2 is 1.85 bits per heavy atom. The minimum absolute atomic E-state index is 0.229. The first kappa shape index (κ1) is 12.2. The molecule has 0 bridgehead atoms. The van der Waals surface area contributed by atoms with Gasteiger partial charge in [0.2, 0.25) is 0 Å². The van der Waals surface area contributed by atoms with Crippen molar-refractivity contribution in [3.05, 3.63) is 12.2 Å². The summed E-state index contributed by atoms with van der Waals surface area (Å²) in [6.07, 6.45) is 6.77. The van der Waals surface area contributed by atoms with Gasteiger partial charge in [0.25, 0.3) is 0 Å². The number of unbranched alkanes of at least 4 members (excludes halogenated alkanes) is 3. The Labute approximate surface area is 80.7 Å². The highest BCUT2D eigenvalue weighted by Crippen LogP contribution is 2.12. The Bertz CT molecular complexity index is 161. The SMILES string of the molecule is C=C(CCCCCC)CCC(=O)O. The van der Waals surface area contributed by atoms with Crippen LogP contribution in [0.1, 0.15) is 51.9 Å². The van der Waals surface area contributed by atoms with Gasteiger partial charge >= 0.3 is 5.97 Å². The van der Waals surface area contributed by atoms with Crippen LogP contribution < -0.4 is 0 Å². The lowest BCUT2D eigenvalue weighted by molar-refractivity contribution is -0.136. The van der Waals surface area contributed by atoms with Crippen molar-refractivity contribution < 1.29 is 9.90 Å². The molecule has 0 unspecified atom stereocenters. The van der Waals surface area contributed by atoms with Crippen molar-refractivity contribution in [2.75, 3.05) is 0 Å². The molecule has 0 aromatic heterocycles. The van der Waals surface area contributed by atoms with E-state index in [2.05, 4.69) is 13.5 Å². The molecule has 0 radical (unpaired) electrons. The average molecular weight is 184 g/mol. The van der Waals surface area contributed by atoms with Crippen molar-refractivity contribution >= 4 is 5.97 Å². The van der Waals surface area contributed by atoms with E-state index < -0.39 is 5.97 Å². The van der Waals surface area contributed by atoms with Crippen LogP contribution >= 0.6 is 0 Å². The van der Waals surface area contributed by atoms with E-state index in [1.165, 1.54) is 19.3 Å². The van der Waals surface area contributed by atoms with E-state index in [4.69, 9.17) is 5.11 Å². The zero-order valence-corrected chi connectivity index (χ0v) is 8.51. The van der Waals surface area contributed by atoms with E-state index in [9.17, 15) is 4.79 Å². The van der Waals surface area contributed by atoms with Gasteiger partial charge in [-0.15, -0.1) is 0 Å². The number of hydrogen-bond donors (Lipinski definition) is 1. The Balaban J connectivity index is 3.25. The van der Waals surface area contributed by atoms with Gasteiger partial charge < -0.3 is 5.11 Å². The van der Waals surface area contributed by atoms with E-state index in [0.717, 1.165) is 18.4 Å². The van der Waals surface area contributed by atoms with E-state index in [1.807, 2.05) is 0 Å². The second-order valence-corrected chi connectivity index (χ2v) is 3.45. The van der Waals surface area contributed by atoms with Gasteiger partial charge in [0.1, 0.15) is 0 Å². The smallest absolute Gasteiger partial charge is 0.303 e. The van der Waals surface area contributed by atoms with Crippen LogP contribution in [-0.2, 0) is 4.79 Å². The van der Waals surface area contributed by atoms with Crippen LogP contribution in [0, 0.1) is 0 Å². The molecule has 0 aromatic rings. The molecule has 0 aromatic carbocycles. The molecule has 76 valence electrons. The number of carboxylic acids is 1. The molecule has 0 fully saturated rings. The first-order valence-electron chi connectivity index (χ1n) is 5.05. The minimum atomic E-state index is -0.727. The largest absolute Gasteiger partial charge is 0.481 e. The van der Waals surface area contributed by atoms with Gasteiger partial charge in [0.15, 0.2) is 0 Å². The Kier molecular flexibility index (Phi) is 7.36.